The number of rotatable bonds is 4. The molecule has 3 rings (SSSR count). The maximum Gasteiger partial charge on any atom is 0.339 e. The lowest BCUT2D eigenvalue weighted by atomic mass is 10.1. The van der Waals surface area contributed by atoms with Crippen molar-refractivity contribution in [3.8, 4) is 0 Å². The first-order chi connectivity index (χ1) is 12.5. The van der Waals surface area contributed by atoms with Gasteiger partial charge >= 0.3 is 5.97 Å². The Kier molecular flexibility index (Phi) is 5.08. The molecule has 1 aliphatic heterocycles. The van der Waals surface area contributed by atoms with Crippen LogP contribution < -0.4 is 15.5 Å². The first-order valence-corrected chi connectivity index (χ1v) is 7.99. The number of benzene rings is 1. The number of nitrogens with one attached hydrogen (secondary N) is 2. The number of hydrogen-bond acceptors (Lipinski definition) is 7. The molecule has 2 N–H and O–H groups in total. The van der Waals surface area contributed by atoms with Gasteiger partial charge in [0.1, 0.15) is 5.82 Å². The molecule has 1 aromatic heterocycles. The molecular formula is C17H18FN5O3. The number of nitrogens with zero attached hydrogens (tertiary/aromatic N) is 3. The van der Waals surface area contributed by atoms with Crippen molar-refractivity contribution < 1.29 is 18.7 Å². The zero-order valence-corrected chi connectivity index (χ0v) is 14.4. The lowest BCUT2D eigenvalue weighted by Crippen LogP contribution is -2.23. The van der Waals surface area contributed by atoms with E-state index in [1.807, 2.05) is 4.90 Å². The minimum absolute atomic E-state index is 0.0135. The maximum absolute atomic E-state index is 13.9. The van der Waals surface area contributed by atoms with E-state index in [1.54, 1.807) is 6.07 Å². The molecule has 2 heterocycles. The number of carbonyl (C=O) groups is 2. The number of carbonyl (C=O) groups excluding carboxylic acids is 2. The van der Waals surface area contributed by atoms with Gasteiger partial charge in [0.25, 0.3) is 5.91 Å². The lowest BCUT2D eigenvalue weighted by molar-refractivity contribution is 0.0601. The second-order valence-electron chi connectivity index (χ2n) is 5.79. The van der Waals surface area contributed by atoms with Crippen LogP contribution in [0.15, 0.2) is 24.3 Å². The summed E-state index contributed by atoms with van der Waals surface area (Å²) in [5, 5.41) is 13.6. The quantitative estimate of drug-likeness (QED) is 0.795. The van der Waals surface area contributed by atoms with Crippen LogP contribution in [0.1, 0.15) is 26.4 Å². The Morgan fingerprint density at radius 3 is 2.73 bits per heavy atom. The molecule has 1 aliphatic rings. The van der Waals surface area contributed by atoms with Crippen molar-refractivity contribution >= 4 is 23.4 Å². The second-order valence-corrected chi connectivity index (χ2v) is 5.79. The molecule has 8 nitrogen and oxygen atoms in total. The van der Waals surface area contributed by atoms with Crippen molar-refractivity contribution in [2.24, 2.45) is 0 Å². The number of anilines is 2. The van der Waals surface area contributed by atoms with Crippen molar-refractivity contribution in [1.29, 1.82) is 0 Å². The molecule has 1 fully saturated rings. The topological polar surface area (TPSA) is 96.5 Å². The highest BCUT2D eigenvalue weighted by atomic mass is 19.1. The fourth-order valence-corrected chi connectivity index (χ4v) is 2.57. The summed E-state index contributed by atoms with van der Waals surface area (Å²) in [5.41, 5.74) is 0.400. The molecule has 0 aliphatic carbocycles. The Bertz CT molecular complexity index is 835. The first-order valence-electron chi connectivity index (χ1n) is 7.99. The van der Waals surface area contributed by atoms with Gasteiger partial charge in [0.05, 0.1) is 25.0 Å². The van der Waals surface area contributed by atoms with Gasteiger partial charge in [-0.3, -0.25) is 10.1 Å². The van der Waals surface area contributed by atoms with Crippen LogP contribution in [0.25, 0.3) is 0 Å². The van der Waals surface area contributed by atoms with Gasteiger partial charge in [0, 0.05) is 13.1 Å². The zero-order valence-electron chi connectivity index (χ0n) is 14.4. The summed E-state index contributed by atoms with van der Waals surface area (Å²) in [6.07, 6.45) is 0. The third kappa shape index (κ3) is 3.62. The van der Waals surface area contributed by atoms with E-state index in [-0.39, 0.29) is 22.5 Å². The van der Waals surface area contributed by atoms with Gasteiger partial charge in [-0.1, -0.05) is 0 Å². The van der Waals surface area contributed by atoms with Crippen molar-refractivity contribution in [2.75, 3.05) is 37.1 Å². The minimum Gasteiger partial charge on any atom is -0.465 e. The summed E-state index contributed by atoms with van der Waals surface area (Å²) >= 11 is 0. The van der Waals surface area contributed by atoms with Crippen LogP contribution in [0.2, 0.25) is 0 Å². The minimum atomic E-state index is -0.675. The highest BCUT2D eigenvalue weighted by Gasteiger charge is 2.19. The van der Waals surface area contributed by atoms with Gasteiger partial charge in [-0.15, -0.1) is 10.2 Å². The molecule has 2 aromatic rings. The van der Waals surface area contributed by atoms with E-state index in [1.165, 1.54) is 26.2 Å². The molecule has 0 saturated carbocycles. The fourth-order valence-electron chi connectivity index (χ4n) is 2.57. The van der Waals surface area contributed by atoms with Crippen LogP contribution in [0.5, 0.6) is 0 Å². The van der Waals surface area contributed by atoms with E-state index in [0.717, 1.165) is 19.2 Å². The van der Waals surface area contributed by atoms with Crippen LogP contribution in [-0.4, -0.2) is 48.9 Å². The molecule has 1 amide bonds. The molecular weight excluding hydrogens is 341 g/mol. The largest absolute Gasteiger partial charge is 0.465 e. The Balaban J connectivity index is 1.81. The lowest BCUT2D eigenvalue weighted by Gasteiger charge is -2.14. The smallest absolute Gasteiger partial charge is 0.339 e. The molecule has 9 heteroatoms. The van der Waals surface area contributed by atoms with Gasteiger partial charge < -0.3 is 15.0 Å². The molecule has 1 saturated heterocycles. The molecule has 26 heavy (non-hydrogen) atoms. The van der Waals surface area contributed by atoms with E-state index >= 15 is 0 Å². The standard InChI is InChI=1S/C17H18FN5O3/c1-10-7-11(17(25)26-2)14(8-12(10)18)20-16(24)13-3-4-15(22-21-13)23-6-5-19-9-23/h3-4,7-8,19H,5-6,9H2,1-2H3,(H,20,24). The number of halogens is 1. The van der Waals surface area contributed by atoms with Gasteiger partial charge in [-0.05, 0) is 36.8 Å². The van der Waals surface area contributed by atoms with Gasteiger partial charge in [-0.2, -0.15) is 0 Å². The summed E-state index contributed by atoms with van der Waals surface area (Å²) in [7, 11) is 1.21. The van der Waals surface area contributed by atoms with Crippen molar-refractivity contribution in [3.63, 3.8) is 0 Å². The molecule has 0 spiro atoms. The van der Waals surface area contributed by atoms with E-state index < -0.39 is 17.7 Å². The van der Waals surface area contributed by atoms with Crippen LogP contribution in [0.4, 0.5) is 15.9 Å². The maximum atomic E-state index is 13.9. The van der Waals surface area contributed by atoms with Crippen molar-refractivity contribution in [1.82, 2.24) is 15.5 Å². The highest BCUT2D eigenvalue weighted by molar-refractivity contribution is 6.07. The number of esters is 1. The number of ether oxygens (including phenoxy) is 1. The van der Waals surface area contributed by atoms with Crippen LogP contribution in [0.3, 0.4) is 0 Å². The molecule has 1 aromatic carbocycles. The summed E-state index contributed by atoms with van der Waals surface area (Å²) in [6.45, 7) is 3.86. The van der Waals surface area contributed by atoms with Crippen molar-refractivity contribution in [2.45, 2.75) is 6.92 Å². The Hall–Kier alpha value is -3.07. The molecule has 0 atom stereocenters. The van der Waals surface area contributed by atoms with Gasteiger partial charge in [-0.25, -0.2) is 9.18 Å². The van der Waals surface area contributed by atoms with Crippen LogP contribution >= 0.6 is 0 Å². The van der Waals surface area contributed by atoms with E-state index in [0.29, 0.717) is 12.5 Å². The van der Waals surface area contributed by atoms with Crippen LogP contribution in [0, 0.1) is 12.7 Å². The summed E-state index contributed by atoms with van der Waals surface area (Å²) < 4.78 is 18.5. The number of aryl methyl sites for hydroxylation is 1. The van der Waals surface area contributed by atoms with E-state index in [2.05, 4.69) is 25.6 Å². The summed E-state index contributed by atoms with van der Waals surface area (Å²) in [4.78, 5) is 26.2. The van der Waals surface area contributed by atoms with Gasteiger partial charge in [0.15, 0.2) is 11.5 Å². The molecule has 0 radical (unpaired) electrons. The number of methoxy groups -OCH3 is 1. The molecule has 136 valence electrons. The van der Waals surface area contributed by atoms with Crippen molar-refractivity contribution in [3.05, 3.63) is 46.9 Å². The van der Waals surface area contributed by atoms with E-state index in [9.17, 15) is 14.0 Å². The predicted molar refractivity (Wildman–Crippen MR) is 92.7 cm³/mol. The monoisotopic (exact) mass is 359 g/mol. The predicted octanol–water partition coefficient (Wildman–Crippen LogP) is 1.33. The van der Waals surface area contributed by atoms with Gasteiger partial charge in [0.2, 0.25) is 0 Å². The Morgan fingerprint density at radius 2 is 2.12 bits per heavy atom. The fraction of sp³-hybridized carbons (Fsp3) is 0.294. The first kappa shape index (κ1) is 17.7. The van der Waals surface area contributed by atoms with E-state index in [4.69, 9.17) is 0 Å². The number of amides is 1. The van der Waals surface area contributed by atoms with Crippen LogP contribution in [-0.2, 0) is 4.74 Å². The second kappa shape index (κ2) is 7.44. The normalized spacial score (nSPS) is 13.6. The third-order valence-corrected chi connectivity index (χ3v) is 4.02. The molecule has 0 unspecified atom stereocenters. The summed E-state index contributed by atoms with van der Waals surface area (Å²) in [5.74, 6) is -1.16. The average molecular weight is 359 g/mol. The number of hydrogen-bond donors (Lipinski definition) is 2. The number of aromatic nitrogens is 2. The Morgan fingerprint density at radius 1 is 1.31 bits per heavy atom. The third-order valence-electron chi connectivity index (χ3n) is 4.02. The Labute approximate surface area is 149 Å². The highest BCUT2D eigenvalue weighted by Crippen LogP contribution is 2.22. The molecule has 0 bridgehead atoms. The summed E-state index contributed by atoms with van der Waals surface area (Å²) in [6, 6.07) is 5.62. The average Bonchev–Trinajstić information content (AvgIpc) is 3.18. The SMILES string of the molecule is COC(=O)c1cc(C)c(F)cc1NC(=O)c1ccc(N2CCNC2)nn1. The zero-order chi connectivity index (χ0) is 18.7.